The van der Waals surface area contributed by atoms with Gasteiger partial charge in [0.2, 0.25) is 5.91 Å². The summed E-state index contributed by atoms with van der Waals surface area (Å²) in [5.41, 5.74) is 0. The van der Waals surface area contributed by atoms with E-state index in [1.807, 2.05) is 0 Å². The van der Waals surface area contributed by atoms with Gasteiger partial charge < -0.3 is 10.2 Å². The first-order valence-corrected chi connectivity index (χ1v) is 6.17. The van der Waals surface area contributed by atoms with Crippen molar-refractivity contribution < 1.29 is 18.0 Å². The Labute approximate surface area is 104 Å². The van der Waals surface area contributed by atoms with Crippen molar-refractivity contribution in [3.05, 3.63) is 0 Å². The fraction of sp³-hybridized carbons (Fsp3) is 0.909. The molecule has 2 rings (SSSR count). The van der Waals surface area contributed by atoms with E-state index in [0.29, 0.717) is 32.7 Å². The highest BCUT2D eigenvalue weighted by molar-refractivity contribution is 5.80. The molecule has 1 N–H and O–H groups in total. The Hall–Kier alpha value is -0.820. The van der Waals surface area contributed by atoms with Crippen LogP contribution in [-0.2, 0) is 4.79 Å². The third kappa shape index (κ3) is 3.14. The minimum absolute atomic E-state index is 0.0198. The van der Waals surface area contributed by atoms with Crippen molar-refractivity contribution in [2.45, 2.75) is 19.1 Å². The fourth-order valence-electron chi connectivity index (χ4n) is 2.38. The van der Waals surface area contributed by atoms with E-state index in [4.69, 9.17) is 0 Å². The summed E-state index contributed by atoms with van der Waals surface area (Å²) in [6, 6.07) is -0.239. The lowest BCUT2D eigenvalue weighted by atomic mass is 10.0. The molecule has 1 unspecified atom stereocenters. The van der Waals surface area contributed by atoms with Crippen LogP contribution in [0.5, 0.6) is 0 Å². The summed E-state index contributed by atoms with van der Waals surface area (Å²) in [6.45, 7) is 3.32. The minimum atomic E-state index is -4.17. The third-order valence-electron chi connectivity index (χ3n) is 3.59. The predicted octanol–water partition coefficient (Wildman–Crippen LogP) is 0.301. The van der Waals surface area contributed by atoms with Crippen LogP contribution in [0.15, 0.2) is 0 Å². The second kappa shape index (κ2) is 5.05. The number of nitrogens with zero attached hydrogens (tertiary/aromatic N) is 2. The first kappa shape index (κ1) is 13.6. The van der Waals surface area contributed by atoms with Crippen molar-refractivity contribution in [2.75, 3.05) is 39.3 Å². The van der Waals surface area contributed by atoms with Crippen molar-refractivity contribution in [3.63, 3.8) is 0 Å². The summed E-state index contributed by atoms with van der Waals surface area (Å²) >= 11 is 0. The van der Waals surface area contributed by atoms with Crippen LogP contribution in [0, 0.1) is 5.92 Å². The molecule has 0 spiro atoms. The van der Waals surface area contributed by atoms with Gasteiger partial charge in [0.1, 0.15) is 0 Å². The molecule has 0 aromatic heterocycles. The highest BCUT2D eigenvalue weighted by Crippen LogP contribution is 2.21. The van der Waals surface area contributed by atoms with Gasteiger partial charge in [0.05, 0.1) is 12.5 Å². The van der Waals surface area contributed by atoms with E-state index in [2.05, 4.69) is 5.32 Å². The van der Waals surface area contributed by atoms with Crippen LogP contribution >= 0.6 is 0 Å². The normalized spacial score (nSPS) is 27.1. The van der Waals surface area contributed by atoms with Gasteiger partial charge in [-0.15, -0.1) is 0 Å². The van der Waals surface area contributed by atoms with Crippen LogP contribution in [0.3, 0.4) is 0 Å². The van der Waals surface area contributed by atoms with Crippen molar-refractivity contribution in [3.8, 4) is 0 Å². The molecule has 0 radical (unpaired) electrons. The molecule has 4 nitrogen and oxygen atoms in total. The summed E-state index contributed by atoms with van der Waals surface area (Å²) in [5, 5.41) is 3.03. The average Bonchev–Trinajstić information content (AvgIpc) is 2.16. The van der Waals surface area contributed by atoms with Gasteiger partial charge in [-0.25, -0.2) is 0 Å². The Bertz CT molecular complexity index is 317. The Morgan fingerprint density at radius 3 is 2.44 bits per heavy atom. The molecule has 2 aliphatic heterocycles. The van der Waals surface area contributed by atoms with E-state index < -0.39 is 12.7 Å². The molecule has 0 bridgehead atoms. The van der Waals surface area contributed by atoms with Gasteiger partial charge >= 0.3 is 6.18 Å². The summed E-state index contributed by atoms with van der Waals surface area (Å²) in [5.74, 6) is 0.0959. The largest absolute Gasteiger partial charge is 0.401 e. The number of halogens is 3. The third-order valence-corrected chi connectivity index (χ3v) is 3.59. The first-order chi connectivity index (χ1) is 8.37. The second-order valence-electron chi connectivity index (χ2n) is 5.07. The molecule has 104 valence electrons. The second-order valence-corrected chi connectivity index (χ2v) is 5.07. The van der Waals surface area contributed by atoms with Gasteiger partial charge in [-0.2, -0.15) is 13.2 Å². The lowest BCUT2D eigenvalue weighted by Crippen LogP contribution is -2.59. The van der Waals surface area contributed by atoms with Crippen LogP contribution in [0.2, 0.25) is 0 Å². The Morgan fingerprint density at radius 2 is 2.00 bits per heavy atom. The molecule has 2 saturated heterocycles. The summed E-state index contributed by atoms with van der Waals surface area (Å²) in [4.78, 5) is 15.1. The molecule has 2 fully saturated rings. The van der Waals surface area contributed by atoms with Crippen LogP contribution in [-0.4, -0.2) is 67.2 Å². The fourth-order valence-corrected chi connectivity index (χ4v) is 2.38. The molecular weight excluding hydrogens is 247 g/mol. The van der Waals surface area contributed by atoms with Crippen molar-refractivity contribution in [1.29, 1.82) is 0 Å². The minimum Gasteiger partial charge on any atom is -0.340 e. The van der Waals surface area contributed by atoms with E-state index in [0.717, 1.165) is 0 Å². The average molecular weight is 265 g/mol. The Morgan fingerprint density at radius 1 is 1.33 bits per heavy atom. The first-order valence-electron chi connectivity index (χ1n) is 6.17. The van der Waals surface area contributed by atoms with Gasteiger partial charge in [0.25, 0.3) is 0 Å². The zero-order chi connectivity index (χ0) is 13.3. The molecular formula is C11H18F3N3O. The van der Waals surface area contributed by atoms with Gasteiger partial charge in [-0.05, 0) is 6.92 Å². The number of nitrogens with one attached hydrogen (secondary N) is 1. The van der Waals surface area contributed by atoms with E-state index >= 15 is 0 Å². The van der Waals surface area contributed by atoms with Crippen molar-refractivity contribution in [2.24, 2.45) is 5.92 Å². The number of carbonyl (C=O) groups excluding carboxylic acids is 1. The monoisotopic (exact) mass is 265 g/mol. The van der Waals surface area contributed by atoms with Gasteiger partial charge in [-0.3, -0.25) is 9.69 Å². The zero-order valence-electron chi connectivity index (χ0n) is 10.3. The molecule has 0 aromatic rings. The molecule has 1 atom stereocenters. The number of carbonyl (C=O) groups is 1. The SMILES string of the molecule is CC1CN(C(=O)C2CNC2)CCN1CC(F)(F)F. The van der Waals surface area contributed by atoms with Gasteiger partial charge in [0, 0.05) is 38.8 Å². The highest BCUT2D eigenvalue weighted by Gasteiger charge is 2.37. The van der Waals surface area contributed by atoms with E-state index in [9.17, 15) is 18.0 Å². The number of rotatable bonds is 2. The highest BCUT2D eigenvalue weighted by atomic mass is 19.4. The molecule has 18 heavy (non-hydrogen) atoms. The van der Waals surface area contributed by atoms with Crippen molar-refractivity contribution in [1.82, 2.24) is 15.1 Å². The topological polar surface area (TPSA) is 35.6 Å². The molecule has 2 aliphatic rings. The standard InChI is InChI=1S/C11H18F3N3O/c1-8-6-16(10(18)9-4-15-5-9)2-3-17(8)7-11(12,13)14/h8-9,15H,2-7H2,1H3. The molecule has 0 aromatic carbocycles. The summed E-state index contributed by atoms with van der Waals surface area (Å²) in [7, 11) is 0. The maximum Gasteiger partial charge on any atom is 0.401 e. The van der Waals surface area contributed by atoms with Crippen LogP contribution in [0.4, 0.5) is 13.2 Å². The van der Waals surface area contributed by atoms with Gasteiger partial charge in [0.15, 0.2) is 0 Å². The van der Waals surface area contributed by atoms with E-state index in [-0.39, 0.29) is 17.9 Å². The summed E-state index contributed by atoms with van der Waals surface area (Å²) < 4.78 is 37.0. The Balaban J connectivity index is 1.85. The maximum absolute atomic E-state index is 12.3. The predicted molar refractivity (Wildman–Crippen MR) is 60.0 cm³/mol. The molecule has 2 heterocycles. The van der Waals surface area contributed by atoms with Crippen LogP contribution in [0.25, 0.3) is 0 Å². The zero-order valence-corrected chi connectivity index (χ0v) is 10.3. The summed E-state index contributed by atoms with van der Waals surface area (Å²) in [6.07, 6.45) is -4.17. The molecule has 1 amide bonds. The number of alkyl halides is 3. The van der Waals surface area contributed by atoms with Crippen LogP contribution < -0.4 is 5.32 Å². The lowest BCUT2D eigenvalue weighted by Gasteiger charge is -2.42. The number of piperazine rings is 1. The lowest BCUT2D eigenvalue weighted by molar-refractivity contribution is -0.159. The van der Waals surface area contributed by atoms with Crippen LogP contribution in [0.1, 0.15) is 6.92 Å². The van der Waals surface area contributed by atoms with Crippen molar-refractivity contribution >= 4 is 5.91 Å². The van der Waals surface area contributed by atoms with E-state index in [1.165, 1.54) is 4.90 Å². The molecule has 0 aliphatic carbocycles. The van der Waals surface area contributed by atoms with Gasteiger partial charge in [-0.1, -0.05) is 0 Å². The number of hydrogen-bond donors (Lipinski definition) is 1. The number of hydrogen-bond acceptors (Lipinski definition) is 3. The smallest absolute Gasteiger partial charge is 0.340 e. The van der Waals surface area contributed by atoms with E-state index in [1.54, 1.807) is 11.8 Å². The maximum atomic E-state index is 12.3. The number of amides is 1. The molecule has 0 saturated carbocycles. The Kier molecular flexibility index (Phi) is 3.82. The molecule has 7 heteroatoms. The quantitative estimate of drug-likeness (QED) is 0.780.